The molecule has 144 valence electrons. The zero-order valence-electron chi connectivity index (χ0n) is 12.6. The standard InChI is InChI=1S/3C4H8O4/c3*5-1-3(7)4(8)2-6/h3,5-7H,1-2H2;2*1,3-4,6-8H,2H2/t3-;3-,4+;3-,4-/m101/s1. The lowest BCUT2D eigenvalue weighted by molar-refractivity contribution is -0.131. The van der Waals surface area contributed by atoms with Crippen LogP contribution in [0.5, 0.6) is 0 Å². The van der Waals surface area contributed by atoms with Crippen molar-refractivity contribution in [1.29, 1.82) is 0 Å². The van der Waals surface area contributed by atoms with Crippen molar-refractivity contribution in [3.05, 3.63) is 0 Å². The van der Waals surface area contributed by atoms with E-state index in [9.17, 15) is 14.4 Å². The lowest BCUT2D eigenvalue weighted by atomic mass is 10.2. The first kappa shape index (κ1) is 27.5. The van der Waals surface area contributed by atoms with Gasteiger partial charge in [0, 0.05) is 0 Å². The van der Waals surface area contributed by atoms with E-state index < -0.39 is 62.7 Å². The molecule has 0 saturated heterocycles. The van der Waals surface area contributed by atoms with E-state index in [0.29, 0.717) is 0 Å². The molecule has 24 heavy (non-hydrogen) atoms. The third-order valence-electron chi connectivity index (χ3n) is 2.14. The van der Waals surface area contributed by atoms with E-state index in [-0.39, 0.29) is 12.6 Å². The molecule has 0 bridgehead atoms. The second-order valence-electron chi connectivity index (χ2n) is 4.08. The fourth-order valence-corrected chi connectivity index (χ4v) is 0.605. The average Bonchev–Trinajstić information content (AvgIpc) is 2.64. The maximum atomic E-state index is 10.1. The third kappa shape index (κ3) is 15.5. The Kier molecular flexibility index (Phi) is 20.6. The van der Waals surface area contributed by atoms with E-state index in [1.165, 1.54) is 0 Å². The lowest BCUT2D eigenvalue weighted by Gasteiger charge is -2.06. The Balaban J connectivity index is -0.000000276. The lowest BCUT2D eigenvalue weighted by Crippen LogP contribution is -2.30. The van der Waals surface area contributed by atoms with Gasteiger partial charge in [-0.2, -0.15) is 0 Å². The Morgan fingerprint density at radius 1 is 0.708 bits per heavy atom. The largest absolute Gasteiger partial charge is 0.394 e. The highest BCUT2D eigenvalue weighted by Crippen LogP contribution is 1.86. The predicted molar refractivity (Wildman–Crippen MR) is 75.5 cm³/mol. The van der Waals surface area contributed by atoms with Crippen LogP contribution < -0.4 is 0 Å². The normalized spacial score (nSPS) is 16.0. The van der Waals surface area contributed by atoms with E-state index in [0.717, 1.165) is 0 Å². The Morgan fingerprint density at radius 3 is 1.12 bits per heavy atom. The Morgan fingerprint density at radius 2 is 1.04 bits per heavy atom. The molecule has 0 unspecified atom stereocenters. The molecule has 0 radical (unpaired) electrons. The summed E-state index contributed by atoms with van der Waals surface area (Å²) in [6, 6.07) is 0. The van der Waals surface area contributed by atoms with Crippen molar-refractivity contribution >= 4 is 18.4 Å². The molecule has 0 amide bonds. The van der Waals surface area contributed by atoms with Gasteiger partial charge in [-0.1, -0.05) is 0 Å². The van der Waals surface area contributed by atoms with Crippen LogP contribution in [0.25, 0.3) is 0 Å². The maximum absolute atomic E-state index is 10.1. The van der Waals surface area contributed by atoms with Gasteiger partial charge in [0.2, 0.25) is 0 Å². The zero-order chi connectivity index (χ0) is 19.7. The van der Waals surface area contributed by atoms with E-state index in [2.05, 4.69) is 0 Å². The first-order valence-electron chi connectivity index (χ1n) is 6.43. The summed E-state index contributed by atoms with van der Waals surface area (Å²) in [6.07, 6.45) is -6.68. The number of hydrogen-bond acceptors (Lipinski definition) is 12. The zero-order valence-corrected chi connectivity index (χ0v) is 12.6. The van der Waals surface area contributed by atoms with Gasteiger partial charge in [0.05, 0.1) is 19.8 Å². The van der Waals surface area contributed by atoms with Gasteiger partial charge in [-0.3, -0.25) is 4.79 Å². The predicted octanol–water partition coefficient (Wildman–Crippen LogP) is -6.30. The van der Waals surface area contributed by atoms with E-state index in [4.69, 9.17) is 46.0 Å². The number of aliphatic hydroxyl groups is 9. The van der Waals surface area contributed by atoms with Crippen molar-refractivity contribution in [3.63, 3.8) is 0 Å². The van der Waals surface area contributed by atoms with E-state index >= 15 is 0 Å². The van der Waals surface area contributed by atoms with Crippen molar-refractivity contribution in [2.45, 2.75) is 30.5 Å². The Labute approximate surface area is 136 Å². The highest BCUT2D eigenvalue weighted by molar-refractivity contribution is 5.83. The third-order valence-corrected chi connectivity index (χ3v) is 2.14. The van der Waals surface area contributed by atoms with Crippen molar-refractivity contribution in [1.82, 2.24) is 0 Å². The number of rotatable bonds is 9. The van der Waals surface area contributed by atoms with Crippen molar-refractivity contribution in [2.75, 3.05) is 26.4 Å². The number of aliphatic hydroxyl groups excluding tert-OH is 9. The van der Waals surface area contributed by atoms with Crippen LogP contribution in [0.15, 0.2) is 0 Å². The second kappa shape index (κ2) is 18.0. The molecular weight excluding hydrogens is 336 g/mol. The number of Topliss-reactive ketones (excluding diaryl/α,β-unsaturated/α-hetero) is 1. The summed E-state index contributed by atoms with van der Waals surface area (Å²) in [6.45, 7) is -2.54. The Hall–Kier alpha value is -1.35. The number of carbonyl (C=O) groups excluding carboxylic acids is 3. The molecule has 0 aromatic rings. The van der Waals surface area contributed by atoms with Gasteiger partial charge in [0.1, 0.15) is 37.1 Å². The molecule has 5 atom stereocenters. The maximum Gasteiger partial charge on any atom is 0.188 e. The summed E-state index contributed by atoms with van der Waals surface area (Å²) in [5, 5.41) is 74.1. The first-order chi connectivity index (χ1) is 11.2. The minimum atomic E-state index is -1.46. The van der Waals surface area contributed by atoms with Crippen LogP contribution >= 0.6 is 0 Å². The molecular formula is C12H24O12. The summed E-state index contributed by atoms with van der Waals surface area (Å²) in [5.74, 6) is -0.757. The molecule has 0 aromatic carbocycles. The van der Waals surface area contributed by atoms with E-state index in [1.807, 2.05) is 0 Å². The number of carbonyl (C=O) groups is 3. The van der Waals surface area contributed by atoms with Gasteiger partial charge in [-0.25, -0.2) is 0 Å². The van der Waals surface area contributed by atoms with Gasteiger partial charge in [-0.15, -0.1) is 0 Å². The van der Waals surface area contributed by atoms with Gasteiger partial charge in [0.15, 0.2) is 18.4 Å². The second-order valence-corrected chi connectivity index (χ2v) is 4.08. The average molecular weight is 360 g/mol. The molecule has 0 spiro atoms. The van der Waals surface area contributed by atoms with Crippen LogP contribution in [-0.4, -0.2) is 121 Å². The molecule has 0 saturated carbocycles. The van der Waals surface area contributed by atoms with E-state index in [1.54, 1.807) is 0 Å². The minimum Gasteiger partial charge on any atom is -0.394 e. The monoisotopic (exact) mass is 360 g/mol. The summed E-state index contributed by atoms with van der Waals surface area (Å²) in [7, 11) is 0. The van der Waals surface area contributed by atoms with Crippen LogP contribution in [0.2, 0.25) is 0 Å². The number of ketones is 1. The summed E-state index contributed by atoms with van der Waals surface area (Å²) in [5.41, 5.74) is 0. The quantitative estimate of drug-likeness (QED) is 0.175. The Bertz CT molecular complexity index is 303. The van der Waals surface area contributed by atoms with Gasteiger partial charge >= 0.3 is 0 Å². The molecule has 0 fully saturated rings. The first-order valence-corrected chi connectivity index (χ1v) is 6.43. The van der Waals surface area contributed by atoms with Crippen LogP contribution in [-0.2, 0) is 14.4 Å². The summed E-state index contributed by atoms with van der Waals surface area (Å²) in [4.78, 5) is 29.3. The minimum absolute atomic E-state index is 0.168. The number of aldehydes is 2. The molecule has 9 N–H and O–H groups in total. The summed E-state index contributed by atoms with van der Waals surface area (Å²) < 4.78 is 0. The van der Waals surface area contributed by atoms with Gasteiger partial charge in [0.25, 0.3) is 0 Å². The van der Waals surface area contributed by atoms with Crippen LogP contribution in [0.4, 0.5) is 0 Å². The smallest absolute Gasteiger partial charge is 0.188 e. The molecule has 0 heterocycles. The number of hydrogen-bond donors (Lipinski definition) is 9. The van der Waals surface area contributed by atoms with Crippen molar-refractivity contribution in [3.8, 4) is 0 Å². The van der Waals surface area contributed by atoms with Crippen LogP contribution in [0.1, 0.15) is 0 Å². The van der Waals surface area contributed by atoms with Gasteiger partial charge < -0.3 is 55.5 Å². The molecule has 0 aromatic heterocycles. The fourth-order valence-electron chi connectivity index (χ4n) is 0.605. The van der Waals surface area contributed by atoms with Crippen LogP contribution in [0.3, 0.4) is 0 Å². The molecule has 0 aliphatic carbocycles. The van der Waals surface area contributed by atoms with Crippen LogP contribution in [0, 0.1) is 0 Å². The van der Waals surface area contributed by atoms with Crippen molar-refractivity contribution < 1.29 is 60.3 Å². The topological polar surface area (TPSA) is 233 Å². The molecule has 12 nitrogen and oxygen atoms in total. The molecule has 0 rings (SSSR count). The molecule has 12 heteroatoms. The van der Waals surface area contributed by atoms with Gasteiger partial charge in [-0.05, 0) is 0 Å². The summed E-state index contributed by atoms with van der Waals surface area (Å²) >= 11 is 0. The SMILES string of the molecule is O=C(CO)[C@H](O)CO.O=C[C@@H](O)[C@H](O)CO.O=C[C@H](O)[C@H](O)CO. The molecule has 0 aliphatic rings. The highest BCUT2D eigenvalue weighted by atomic mass is 16.4. The fraction of sp³-hybridized carbons (Fsp3) is 0.750. The van der Waals surface area contributed by atoms with Crippen molar-refractivity contribution in [2.24, 2.45) is 0 Å². The highest BCUT2D eigenvalue weighted by Gasteiger charge is 2.13. The molecule has 0 aliphatic heterocycles.